The van der Waals surface area contributed by atoms with Gasteiger partial charge in [-0.05, 0) is 0 Å². The molecule has 0 saturated carbocycles. The SMILES string of the molecule is CC(=O)N[C@H]1[C@H](O[C@H]2[C@H](O)[C@@H](NC(C)=O)C(O)O[C@@H]2CO)O[C@H](CO)[C@@H](O[C@@H]2O[C@H](CO[C@H]3O[C@H](CO)[C@@H](O)[C@H](O)[C@@H]3O[C@H]3O[C@H](CO)[C@@H](O)[C@H](O)[C@@H]3O[C@H]3O[C@H](CO)[C@@H](O)[C@H](O)[C@@H]3O)[C@@H](O)[C@H](O[C@H]3O[C@H](CO)[C@@H](O)[C@H](O[C@H]4O[C@H](CO)[C@@H](O)[C@H](O)[C@@H]4O[C@H]4O[C@H](CO)[C@@H](O)[C@H](O)[C@H]4O)[C@@H]3O)[C@@H]2O)[C@@H]1O. The predicted octanol–water partition coefficient (Wildman–Crippen LogP) is -20.3. The number of aliphatic hydroxyl groups is 27. The van der Waals surface area contributed by atoms with Crippen LogP contribution in [0, 0.1) is 0 Å². The Morgan fingerprint density at radius 1 is 0.245 bits per heavy atom. The number of hydrogen-bond donors (Lipinski definition) is 29. The van der Waals surface area contributed by atoms with Crippen LogP contribution in [0.4, 0.5) is 0 Å². The third kappa shape index (κ3) is 18.5. The molecule has 106 heavy (non-hydrogen) atoms. The first-order chi connectivity index (χ1) is 50.2. The third-order valence-corrected chi connectivity index (χ3v) is 19.6. The van der Waals surface area contributed by atoms with Gasteiger partial charge in [-0.15, -0.1) is 0 Å². The summed E-state index contributed by atoms with van der Waals surface area (Å²) in [6.07, 6.45) is -90.9. The second kappa shape index (κ2) is 37.9. The summed E-state index contributed by atoms with van der Waals surface area (Å²) in [5, 5.41) is 301. The molecule has 9 aliphatic rings. The van der Waals surface area contributed by atoms with Crippen molar-refractivity contribution < 1.29 is 228 Å². The van der Waals surface area contributed by atoms with Crippen molar-refractivity contribution in [3.63, 3.8) is 0 Å². The van der Waals surface area contributed by atoms with Gasteiger partial charge in [-0.1, -0.05) is 0 Å². The zero-order chi connectivity index (χ0) is 77.9. The number of ether oxygens (including phenoxy) is 17. The Labute approximate surface area is 598 Å². The Bertz CT molecular complexity index is 2710. The largest absolute Gasteiger partial charge is 0.394 e. The van der Waals surface area contributed by atoms with Crippen LogP contribution in [0.3, 0.4) is 0 Å². The van der Waals surface area contributed by atoms with Crippen molar-refractivity contribution in [3.05, 3.63) is 0 Å². The van der Waals surface area contributed by atoms with E-state index in [0.717, 1.165) is 13.8 Å². The maximum atomic E-state index is 12.9. The Kier molecular flexibility index (Phi) is 31.1. The average molecular weight is 1560 g/mol. The molecule has 0 aromatic heterocycles. The van der Waals surface area contributed by atoms with Gasteiger partial charge in [0.05, 0.1) is 59.5 Å². The van der Waals surface area contributed by atoms with E-state index >= 15 is 0 Å². The summed E-state index contributed by atoms with van der Waals surface area (Å²) < 4.78 is 99.0. The fraction of sp³-hybridized carbons (Fsp3) is 0.966. The van der Waals surface area contributed by atoms with E-state index in [4.69, 9.17) is 80.5 Å². The topological polar surface area (TPSA) is 761 Å². The highest BCUT2D eigenvalue weighted by atomic mass is 16.8. The number of carbonyl (C=O) groups excluding carboxylic acids is 2. The molecule has 0 aromatic carbocycles. The molecule has 0 spiro atoms. The molecule has 9 heterocycles. The second-order valence-corrected chi connectivity index (χ2v) is 26.7. The number of amides is 2. The van der Waals surface area contributed by atoms with Crippen LogP contribution in [0.15, 0.2) is 0 Å². The van der Waals surface area contributed by atoms with E-state index in [1.54, 1.807) is 0 Å². The van der Waals surface area contributed by atoms with Gasteiger partial charge in [-0.2, -0.15) is 0 Å². The summed E-state index contributed by atoms with van der Waals surface area (Å²) in [5.74, 6) is -1.72. The molecular weight excluding hydrogens is 1460 g/mol. The minimum absolute atomic E-state index is 0.784. The second-order valence-electron chi connectivity index (χ2n) is 26.7. The van der Waals surface area contributed by atoms with Crippen LogP contribution in [-0.4, -0.2) is 485 Å². The summed E-state index contributed by atoms with van der Waals surface area (Å²) in [7, 11) is 0. The first-order valence-electron chi connectivity index (χ1n) is 33.7. The Morgan fingerprint density at radius 2 is 0.509 bits per heavy atom. The standard InChI is InChI=1S/C58H98N2O46/c1-12(69)59-23-32(78)43(20(9-67)91-50(23)89)100-51-24(60-13(2)70)33(79)44(21(10-68)98-51)101-55-42(88)46(102-54-41(87)45(30(76)19(8-66)94-54)103-57-48(37(83)28(74)17(6-64)96-57)104-52-39(85)34(80)25(71)14(3-61)92-52)31(77)22(99-55)11-90-56-47(36(82)27(73)16(5-63)95-56)106-58-49(38(84)29(75)18(7-65)97-58)105-53-40(86)35(81)26(72)15(4-62)93-53/h14-58,61-68,71-89H,3-11H2,1-2H3,(H,59,69)(H,60,70)/t14-,15-,16-,17-,18-,19-,20-,21-,22-,23-,24-,25-,26-,27-,28-,29-,30-,31-,32-,33-,34+,35+,36+,37+,38+,39-,40+,41+,42+,43-,44-,45+,46+,47+,48+,49+,50?,51+,52-,53-,54-,55+,56+,57-,58-/m1/s1. The van der Waals surface area contributed by atoms with Crippen LogP contribution in [0.5, 0.6) is 0 Å². The predicted molar refractivity (Wildman–Crippen MR) is 320 cm³/mol. The number of carbonyl (C=O) groups is 2. The van der Waals surface area contributed by atoms with Crippen molar-refractivity contribution >= 4 is 11.8 Å². The highest BCUT2D eigenvalue weighted by Gasteiger charge is 2.61. The van der Waals surface area contributed by atoms with Gasteiger partial charge in [0, 0.05) is 13.8 Å². The summed E-state index contributed by atoms with van der Waals surface area (Å²) >= 11 is 0. The van der Waals surface area contributed by atoms with Crippen LogP contribution in [0.25, 0.3) is 0 Å². The number of nitrogens with one attached hydrogen (secondary N) is 2. The molecule has 48 nitrogen and oxygen atoms in total. The molecule has 616 valence electrons. The first kappa shape index (κ1) is 87.2. The van der Waals surface area contributed by atoms with Gasteiger partial charge in [0.1, 0.15) is 220 Å². The van der Waals surface area contributed by atoms with E-state index in [0.29, 0.717) is 0 Å². The van der Waals surface area contributed by atoms with Crippen LogP contribution in [0.1, 0.15) is 13.8 Å². The van der Waals surface area contributed by atoms with E-state index in [2.05, 4.69) is 10.6 Å². The summed E-state index contributed by atoms with van der Waals surface area (Å²) in [5.41, 5.74) is 0. The molecule has 9 saturated heterocycles. The van der Waals surface area contributed by atoms with E-state index < -0.39 is 348 Å². The quantitative estimate of drug-likeness (QED) is 0.0363. The summed E-state index contributed by atoms with van der Waals surface area (Å²) in [6.45, 7) is -7.92. The molecule has 0 aliphatic carbocycles. The molecule has 9 fully saturated rings. The minimum atomic E-state index is -2.56. The van der Waals surface area contributed by atoms with Crippen LogP contribution >= 0.6 is 0 Å². The lowest BCUT2D eigenvalue weighted by Gasteiger charge is -2.51. The zero-order valence-electron chi connectivity index (χ0n) is 56.2. The molecule has 9 rings (SSSR count). The molecule has 1 unspecified atom stereocenters. The molecule has 45 atom stereocenters. The molecule has 0 radical (unpaired) electrons. The van der Waals surface area contributed by atoms with E-state index in [9.17, 15) is 147 Å². The van der Waals surface area contributed by atoms with Crippen molar-refractivity contribution in [1.29, 1.82) is 0 Å². The van der Waals surface area contributed by atoms with Crippen molar-refractivity contribution in [2.24, 2.45) is 0 Å². The molecule has 2 amide bonds. The van der Waals surface area contributed by atoms with E-state index in [-0.39, 0.29) is 0 Å². The van der Waals surface area contributed by atoms with Gasteiger partial charge >= 0.3 is 0 Å². The van der Waals surface area contributed by atoms with Crippen molar-refractivity contribution in [2.75, 3.05) is 59.5 Å². The van der Waals surface area contributed by atoms with Gasteiger partial charge in [0.25, 0.3) is 0 Å². The van der Waals surface area contributed by atoms with Gasteiger partial charge in [-0.25, -0.2) is 0 Å². The fourth-order valence-corrected chi connectivity index (χ4v) is 13.6. The lowest BCUT2D eigenvalue weighted by atomic mass is 9.94. The Hall–Kier alpha value is -2.82. The maximum absolute atomic E-state index is 12.9. The van der Waals surface area contributed by atoms with Gasteiger partial charge in [-0.3, -0.25) is 9.59 Å². The molecular formula is C58H98N2O46. The van der Waals surface area contributed by atoms with Gasteiger partial charge in [0.15, 0.2) is 56.6 Å². The minimum Gasteiger partial charge on any atom is -0.394 e. The Balaban J connectivity index is 1.04. The molecule has 0 aromatic rings. The Morgan fingerprint density at radius 3 is 0.915 bits per heavy atom. The fourth-order valence-electron chi connectivity index (χ4n) is 13.6. The lowest BCUT2D eigenvalue weighted by Crippen LogP contribution is -2.70. The van der Waals surface area contributed by atoms with E-state index in [1.807, 2.05) is 0 Å². The number of hydrogen-bond acceptors (Lipinski definition) is 46. The smallest absolute Gasteiger partial charge is 0.217 e. The maximum Gasteiger partial charge on any atom is 0.217 e. The highest BCUT2D eigenvalue weighted by Crippen LogP contribution is 2.40. The van der Waals surface area contributed by atoms with Crippen LogP contribution < -0.4 is 10.6 Å². The molecule has 0 bridgehead atoms. The van der Waals surface area contributed by atoms with Crippen molar-refractivity contribution in [2.45, 2.75) is 290 Å². The van der Waals surface area contributed by atoms with Crippen molar-refractivity contribution in [1.82, 2.24) is 10.6 Å². The monoisotopic (exact) mass is 1560 g/mol. The third-order valence-electron chi connectivity index (χ3n) is 19.6. The number of rotatable bonds is 27. The lowest BCUT2D eigenvalue weighted by molar-refractivity contribution is -0.404. The summed E-state index contributed by atoms with van der Waals surface area (Å²) in [6, 6.07) is -3.56. The van der Waals surface area contributed by atoms with Crippen LogP contribution in [0.2, 0.25) is 0 Å². The average Bonchev–Trinajstić information content (AvgIpc) is 0.754. The van der Waals surface area contributed by atoms with Gasteiger partial charge in [0.2, 0.25) is 11.8 Å². The van der Waals surface area contributed by atoms with Crippen molar-refractivity contribution in [3.8, 4) is 0 Å². The zero-order valence-corrected chi connectivity index (χ0v) is 56.2. The first-order valence-corrected chi connectivity index (χ1v) is 33.7. The van der Waals surface area contributed by atoms with Gasteiger partial charge < -0.3 is 229 Å². The molecule has 48 heteroatoms. The number of aliphatic hydroxyl groups excluding tert-OH is 27. The normalized spacial score (nSPS) is 51.2. The summed E-state index contributed by atoms with van der Waals surface area (Å²) in [4.78, 5) is 25.0. The van der Waals surface area contributed by atoms with E-state index in [1.165, 1.54) is 0 Å². The molecule has 9 aliphatic heterocycles. The molecule has 29 N–H and O–H groups in total. The highest BCUT2D eigenvalue weighted by molar-refractivity contribution is 5.73. The van der Waals surface area contributed by atoms with Crippen LogP contribution in [-0.2, 0) is 90.1 Å².